The van der Waals surface area contributed by atoms with E-state index in [4.69, 9.17) is 5.73 Å². The second kappa shape index (κ2) is 7.68. The molecule has 0 bridgehead atoms. The molecule has 19 heavy (non-hydrogen) atoms. The number of rotatable bonds is 2. The first-order valence-electron chi connectivity index (χ1n) is 6.13. The van der Waals surface area contributed by atoms with Crippen molar-refractivity contribution in [3.05, 3.63) is 23.9 Å². The molecule has 0 atom stereocenters. The van der Waals surface area contributed by atoms with E-state index in [9.17, 15) is 4.79 Å². The highest BCUT2D eigenvalue weighted by molar-refractivity contribution is 5.97. The van der Waals surface area contributed by atoms with Gasteiger partial charge in [0.1, 0.15) is 5.82 Å². The number of carbonyl (C=O) groups excluding carboxylic acids is 1. The first-order valence-corrected chi connectivity index (χ1v) is 6.13. The normalized spacial score (nSPS) is 16.7. The van der Waals surface area contributed by atoms with Crippen LogP contribution in [0.15, 0.2) is 18.3 Å². The van der Waals surface area contributed by atoms with Gasteiger partial charge < -0.3 is 11.1 Å². The van der Waals surface area contributed by atoms with Crippen molar-refractivity contribution in [2.75, 3.05) is 5.32 Å². The lowest BCUT2D eigenvalue weighted by atomic mass is 9.82. The number of nitrogens with one attached hydrogen (secondary N) is 1. The van der Waals surface area contributed by atoms with Crippen LogP contribution in [0.2, 0.25) is 0 Å². The largest absolute Gasteiger partial charge is 0.317 e. The van der Waals surface area contributed by atoms with Gasteiger partial charge in [-0.2, -0.15) is 0 Å². The van der Waals surface area contributed by atoms with Crippen LogP contribution in [0, 0.1) is 6.92 Å². The van der Waals surface area contributed by atoms with Gasteiger partial charge in [0.05, 0.1) is 5.54 Å². The van der Waals surface area contributed by atoms with Crippen molar-refractivity contribution in [1.82, 2.24) is 4.98 Å². The van der Waals surface area contributed by atoms with Crippen LogP contribution in [0.3, 0.4) is 0 Å². The van der Waals surface area contributed by atoms with Gasteiger partial charge in [0, 0.05) is 6.20 Å². The second-order valence-electron chi connectivity index (χ2n) is 4.89. The number of nitrogens with two attached hydrogens (primary N) is 1. The van der Waals surface area contributed by atoms with Gasteiger partial charge in [-0.25, -0.2) is 4.98 Å². The molecule has 0 spiro atoms. The summed E-state index contributed by atoms with van der Waals surface area (Å²) in [6.07, 6.45) is 6.51. The summed E-state index contributed by atoms with van der Waals surface area (Å²) in [4.78, 5) is 16.3. The molecule has 1 aromatic heterocycles. The molecule has 1 fully saturated rings. The topological polar surface area (TPSA) is 68.0 Å². The monoisotopic (exact) mass is 305 g/mol. The number of aromatic nitrogens is 1. The molecule has 0 unspecified atom stereocenters. The molecule has 0 aliphatic heterocycles. The minimum Gasteiger partial charge on any atom is -0.317 e. The summed E-state index contributed by atoms with van der Waals surface area (Å²) in [5.41, 5.74) is 6.51. The molecule has 1 heterocycles. The summed E-state index contributed by atoms with van der Waals surface area (Å²) in [6, 6.07) is 3.73. The number of anilines is 1. The molecular weight excluding hydrogens is 285 g/mol. The van der Waals surface area contributed by atoms with Gasteiger partial charge in [0.2, 0.25) is 5.91 Å². The van der Waals surface area contributed by atoms with Gasteiger partial charge in [-0.15, -0.1) is 24.8 Å². The van der Waals surface area contributed by atoms with E-state index in [1.807, 2.05) is 13.0 Å². The summed E-state index contributed by atoms with van der Waals surface area (Å²) < 4.78 is 0. The number of carbonyl (C=O) groups is 1. The Balaban J connectivity index is 0.00000162. The van der Waals surface area contributed by atoms with E-state index in [1.54, 1.807) is 12.3 Å². The number of nitrogens with zero attached hydrogens (tertiary/aromatic N) is 1. The number of hydrogen-bond acceptors (Lipinski definition) is 3. The van der Waals surface area contributed by atoms with Crippen LogP contribution in [0.1, 0.15) is 37.7 Å². The molecule has 1 amide bonds. The van der Waals surface area contributed by atoms with E-state index < -0.39 is 5.54 Å². The second-order valence-corrected chi connectivity index (χ2v) is 4.89. The third-order valence-electron chi connectivity index (χ3n) is 3.35. The minimum absolute atomic E-state index is 0. The fraction of sp³-hybridized carbons (Fsp3) is 0.538. The van der Waals surface area contributed by atoms with Crippen molar-refractivity contribution >= 4 is 36.5 Å². The van der Waals surface area contributed by atoms with Crippen molar-refractivity contribution in [1.29, 1.82) is 0 Å². The van der Waals surface area contributed by atoms with Crippen molar-refractivity contribution in [2.45, 2.75) is 44.6 Å². The lowest BCUT2D eigenvalue weighted by molar-refractivity contribution is -0.122. The van der Waals surface area contributed by atoms with Gasteiger partial charge >= 0.3 is 0 Å². The third-order valence-corrected chi connectivity index (χ3v) is 3.35. The van der Waals surface area contributed by atoms with Gasteiger partial charge in [-0.1, -0.05) is 25.3 Å². The van der Waals surface area contributed by atoms with Crippen LogP contribution in [0.4, 0.5) is 5.82 Å². The summed E-state index contributed by atoms with van der Waals surface area (Å²) in [5.74, 6) is 0.476. The molecule has 1 aromatic rings. The predicted octanol–water partition coefficient (Wildman–Crippen LogP) is 2.83. The van der Waals surface area contributed by atoms with Crippen LogP contribution in [-0.2, 0) is 4.79 Å². The number of halogens is 2. The molecule has 0 aromatic carbocycles. The molecule has 4 nitrogen and oxygen atoms in total. The summed E-state index contributed by atoms with van der Waals surface area (Å²) in [6.45, 7) is 1.96. The molecule has 1 aliphatic rings. The van der Waals surface area contributed by atoms with Crippen molar-refractivity contribution in [2.24, 2.45) is 5.73 Å². The molecule has 0 radical (unpaired) electrons. The quantitative estimate of drug-likeness (QED) is 0.883. The SMILES string of the molecule is Cc1ccc(NC(=O)C2(N)CCCCC2)nc1.Cl.Cl. The first-order chi connectivity index (χ1) is 8.10. The Labute approximate surface area is 126 Å². The molecule has 2 rings (SSSR count). The van der Waals surface area contributed by atoms with E-state index in [0.717, 1.165) is 31.2 Å². The highest BCUT2D eigenvalue weighted by Gasteiger charge is 2.35. The maximum atomic E-state index is 12.1. The van der Waals surface area contributed by atoms with Crippen molar-refractivity contribution in [3.63, 3.8) is 0 Å². The number of hydrogen-bond donors (Lipinski definition) is 2. The summed E-state index contributed by atoms with van der Waals surface area (Å²) in [7, 11) is 0. The molecule has 1 saturated carbocycles. The first kappa shape index (κ1) is 18.2. The maximum absolute atomic E-state index is 12.1. The van der Waals surface area contributed by atoms with E-state index in [1.165, 1.54) is 6.42 Å². The van der Waals surface area contributed by atoms with Crippen molar-refractivity contribution in [3.8, 4) is 0 Å². The zero-order valence-electron chi connectivity index (χ0n) is 11.0. The van der Waals surface area contributed by atoms with Gasteiger partial charge in [0.15, 0.2) is 0 Å². The van der Waals surface area contributed by atoms with Gasteiger partial charge in [-0.3, -0.25) is 4.79 Å². The van der Waals surface area contributed by atoms with Crippen LogP contribution in [0.5, 0.6) is 0 Å². The number of aryl methyl sites for hydroxylation is 1. The number of amides is 1. The fourth-order valence-electron chi connectivity index (χ4n) is 2.19. The highest BCUT2D eigenvalue weighted by Crippen LogP contribution is 2.26. The van der Waals surface area contributed by atoms with Crippen molar-refractivity contribution < 1.29 is 4.79 Å². The third kappa shape index (κ3) is 4.64. The van der Waals surface area contributed by atoms with Crippen LogP contribution < -0.4 is 11.1 Å². The smallest absolute Gasteiger partial charge is 0.245 e. The fourth-order valence-corrected chi connectivity index (χ4v) is 2.19. The Morgan fingerprint density at radius 3 is 2.42 bits per heavy atom. The Morgan fingerprint density at radius 1 is 1.26 bits per heavy atom. The van der Waals surface area contributed by atoms with E-state index in [-0.39, 0.29) is 30.7 Å². The van der Waals surface area contributed by atoms with E-state index >= 15 is 0 Å². The Kier molecular flexibility index (Phi) is 7.34. The van der Waals surface area contributed by atoms with Gasteiger partial charge in [-0.05, 0) is 31.4 Å². The zero-order valence-corrected chi connectivity index (χ0v) is 12.6. The maximum Gasteiger partial charge on any atom is 0.245 e. The standard InChI is InChI=1S/C13H19N3O.2ClH/c1-10-5-6-11(15-9-10)16-12(17)13(14)7-3-2-4-8-13;;/h5-6,9H,2-4,7-8,14H2,1H3,(H,15,16,17);2*1H. The molecular formula is C13H21Cl2N3O. The Morgan fingerprint density at radius 2 is 1.89 bits per heavy atom. The Hall–Kier alpha value is -0.840. The van der Waals surface area contributed by atoms with Gasteiger partial charge in [0.25, 0.3) is 0 Å². The van der Waals surface area contributed by atoms with Crippen LogP contribution in [-0.4, -0.2) is 16.4 Å². The molecule has 108 valence electrons. The average molecular weight is 306 g/mol. The Bertz CT molecular complexity index is 403. The minimum atomic E-state index is -0.704. The predicted molar refractivity (Wildman–Crippen MR) is 82.1 cm³/mol. The molecule has 3 N–H and O–H groups in total. The van der Waals surface area contributed by atoms with E-state index in [2.05, 4.69) is 10.3 Å². The number of pyridine rings is 1. The lowest BCUT2D eigenvalue weighted by Gasteiger charge is -2.31. The highest BCUT2D eigenvalue weighted by atomic mass is 35.5. The summed E-state index contributed by atoms with van der Waals surface area (Å²) >= 11 is 0. The average Bonchev–Trinajstić information content (AvgIpc) is 2.33. The van der Waals surface area contributed by atoms with Crippen LogP contribution >= 0.6 is 24.8 Å². The lowest BCUT2D eigenvalue weighted by Crippen LogP contribution is -2.52. The zero-order chi connectivity index (χ0) is 12.3. The van der Waals surface area contributed by atoms with E-state index in [0.29, 0.717) is 5.82 Å². The molecule has 0 saturated heterocycles. The summed E-state index contributed by atoms with van der Waals surface area (Å²) in [5, 5.41) is 2.80. The van der Waals surface area contributed by atoms with Crippen LogP contribution in [0.25, 0.3) is 0 Å². The molecule has 6 heteroatoms. The molecule has 1 aliphatic carbocycles.